The van der Waals surface area contributed by atoms with Gasteiger partial charge < -0.3 is 9.64 Å². The number of imidazole rings is 1. The Morgan fingerprint density at radius 1 is 1.36 bits per heavy atom. The van der Waals surface area contributed by atoms with Gasteiger partial charge in [0, 0.05) is 26.3 Å². The number of nitrogens with one attached hydrogen (secondary N) is 2. The summed E-state index contributed by atoms with van der Waals surface area (Å²) >= 11 is 0.297. The maximum atomic E-state index is 12.6. The lowest BCUT2D eigenvalue weighted by Crippen LogP contribution is -2.37. The molecule has 28 heavy (non-hydrogen) atoms. The van der Waals surface area contributed by atoms with Crippen LogP contribution in [0.3, 0.4) is 0 Å². The van der Waals surface area contributed by atoms with Crippen molar-refractivity contribution in [2.75, 3.05) is 25.2 Å². The minimum atomic E-state index is -2.99. The molecule has 2 aromatic heterocycles. The van der Waals surface area contributed by atoms with Crippen LogP contribution in [0.2, 0.25) is 0 Å². The van der Waals surface area contributed by atoms with Gasteiger partial charge >= 0.3 is 0 Å². The van der Waals surface area contributed by atoms with Crippen molar-refractivity contribution in [3.63, 3.8) is 0 Å². The van der Waals surface area contributed by atoms with Crippen molar-refractivity contribution >= 4 is 43.9 Å². The molecular formula is C16H19F2N5O3S2. The summed E-state index contributed by atoms with van der Waals surface area (Å²) in [5, 5.41) is 14.0. The molecule has 152 valence electrons. The first-order chi connectivity index (χ1) is 13.3. The number of thiol groups is 1. The van der Waals surface area contributed by atoms with E-state index >= 15 is 0 Å². The van der Waals surface area contributed by atoms with Crippen molar-refractivity contribution in [2.45, 2.75) is 30.2 Å². The Morgan fingerprint density at radius 2 is 2.04 bits per heavy atom. The fraction of sp³-hybridized carbons (Fsp3) is 0.438. The first-order valence-corrected chi connectivity index (χ1v) is 10.4. The number of aromatic nitrogens is 2. The van der Waals surface area contributed by atoms with Crippen LogP contribution in [-0.2, 0) is 15.4 Å². The molecule has 3 heterocycles. The van der Waals surface area contributed by atoms with Gasteiger partial charge in [0.15, 0.2) is 10.7 Å². The molecule has 8 nitrogen and oxygen atoms in total. The average molecular weight is 431 g/mol. The smallest absolute Gasteiger partial charge is 0.285 e. The van der Waals surface area contributed by atoms with E-state index in [1.165, 1.54) is 18.5 Å². The second kappa shape index (κ2) is 8.53. The van der Waals surface area contributed by atoms with E-state index in [1.54, 1.807) is 4.40 Å². The Kier molecular flexibility index (Phi) is 6.30. The van der Waals surface area contributed by atoms with E-state index in [-0.39, 0.29) is 21.7 Å². The van der Waals surface area contributed by atoms with Crippen LogP contribution in [0.25, 0.3) is 5.52 Å². The maximum absolute atomic E-state index is 12.6. The Labute approximate surface area is 165 Å². The third-order valence-corrected chi connectivity index (χ3v) is 6.02. The van der Waals surface area contributed by atoms with Crippen molar-refractivity contribution < 1.29 is 21.9 Å². The van der Waals surface area contributed by atoms with Crippen molar-refractivity contribution in [3.8, 4) is 0 Å². The van der Waals surface area contributed by atoms with E-state index < -0.39 is 22.2 Å². The normalized spacial score (nSPS) is 15.5. The second-order valence-electron chi connectivity index (χ2n) is 6.23. The van der Waals surface area contributed by atoms with Crippen LogP contribution in [0.5, 0.6) is 0 Å². The number of fused-ring (bicyclic) bond motifs is 1. The fourth-order valence-electron chi connectivity index (χ4n) is 3.08. The lowest BCUT2D eigenvalue weighted by atomic mass is 10.1. The van der Waals surface area contributed by atoms with Gasteiger partial charge in [0.1, 0.15) is 27.9 Å². The highest BCUT2D eigenvalue weighted by molar-refractivity contribution is 8.26. The summed E-state index contributed by atoms with van der Waals surface area (Å²) in [5.74, 6) is 0.569. The molecule has 0 spiro atoms. The number of alkyl halides is 2. The molecule has 1 aliphatic heterocycles. The van der Waals surface area contributed by atoms with Crippen LogP contribution in [0.15, 0.2) is 23.4 Å². The van der Waals surface area contributed by atoms with Gasteiger partial charge in [0.05, 0.1) is 10.4 Å². The predicted molar refractivity (Wildman–Crippen MR) is 104 cm³/mol. The molecule has 1 aliphatic rings. The molecule has 0 amide bonds. The monoisotopic (exact) mass is 431 g/mol. The standard InChI is InChI=1S/C16H19F2N5O3S2/c1-22(9-2-4-26-5-3-9)12-7-10(28(24)25)6-11-13(21-8-23(11)12)15(19)27-16(20)14(17)18/h6-9,14,19-20,28H,2-5H2,1H3. The van der Waals surface area contributed by atoms with Crippen LogP contribution in [0, 0.1) is 10.8 Å². The number of ether oxygens (including phenoxy) is 1. The SMILES string of the molecule is CN(c1cc([SH](=O)=O)cc2c(C(=N)SC(=N)C(F)F)ncn12)C1CCOCC1. The summed E-state index contributed by atoms with van der Waals surface area (Å²) in [6.07, 6.45) is 0.00857. The van der Waals surface area contributed by atoms with E-state index in [0.717, 1.165) is 12.8 Å². The predicted octanol–water partition coefficient (Wildman–Crippen LogP) is 2.22. The number of nitrogens with zero attached hydrogens (tertiary/aromatic N) is 3. The largest absolute Gasteiger partial charge is 0.381 e. The summed E-state index contributed by atoms with van der Waals surface area (Å²) in [7, 11) is -1.05. The lowest BCUT2D eigenvalue weighted by Gasteiger charge is -2.33. The quantitative estimate of drug-likeness (QED) is 0.380. The highest BCUT2D eigenvalue weighted by Gasteiger charge is 2.24. The molecule has 3 rings (SSSR count). The number of hydrogen-bond acceptors (Lipinski definition) is 8. The molecule has 0 aromatic carbocycles. The Bertz CT molecular complexity index is 978. The van der Waals surface area contributed by atoms with E-state index in [4.69, 9.17) is 15.6 Å². The number of rotatable bonds is 5. The van der Waals surface area contributed by atoms with E-state index in [1.807, 2.05) is 11.9 Å². The van der Waals surface area contributed by atoms with Gasteiger partial charge in [0.25, 0.3) is 6.43 Å². The lowest BCUT2D eigenvalue weighted by molar-refractivity contribution is 0.0853. The second-order valence-corrected chi connectivity index (χ2v) is 8.31. The zero-order valence-electron chi connectivity index (χ0n) is 14.9. The summed E-state index contributed by atoms with van der Waals surface area (Å²) in [5.41, 5.74) is 0.362. The minimum absolute atomic E-state index is 0.0416. The van der Waals surface area contributed by atoms with Gasteiger partial charge in [-0.05, 0) is 36.7 Å². The number of anilines is 1. The van der Waals surface area contributed by atoms with Gasteiger partial charge in [0.2, 0.25) is 0 Å². The maximum Gasteiger partial charge on any atom is 0.285 e. The third kappa shape index (κ3) is 4.18. The summed E-state index contributed by atoms with van der Waals surface area (Å²) in [6, 6.07) is 3.03. The Morgan fingerprint density at radius 3 is 2.64 bits per heavy atom. The molecule has 0 radical (unpaired) electrons. The minimum Gasteiger partial charge on any atom is -0.381 e. The van der Waals surface area contributed by atoms with Crippen LogP contribution < -0.4 is 4.90 Å². The third-order valence-electron chi connectivity index (χ3n) is 4.55. The molecule has 12 heteroatoms. The molecule has 1 fully saturated rings. The van der Waals surface area contributed by atoms with Gasteiger partial charge in [-0.3, -0.25) is 15.2 Å². The van der Waals surface area contributed by atoms with Crippen LogP contribution in [0.1, 0.15) is 18.5 Å². The van der Waals surface area contributed by atoms with E-state index in [0.29, 0.717) is 36.3 Å². The van der Waals surface area contributed by atoms with Crippen molar-refractivity contribution in [3.05, 3.63) is 24.2 Å². The zero-order chi connectivity index (χ0) is 20.4. The van der Waals surface area contributed by atoms with Crippen molar-refractivity contribution in [1.82, 2.24) is 9.38 Å². The van der Waals surface area contributed by atoms with Gasteiger partial charge in [-0.1, -0.05) is 0 Å². The molecule has 0 unspecified atom stereocenters. The van der Waals surface area contributed by atoms with E-state index in [2.05, 4.69) is 4.98 Å². The number of pyridine rings is 1. The molecule has 0 aliphatic carbocycles. The van der Waals surface area contributed by atoms with Gasteiger partial charge in [-0.15, -0.1) is 0 Å². The van der Waals surface area contributed by atoms with Gasteiger partial charge in [-0.2, -0.15) is 0 Å². The van der Waals surface area contributed by atoms with Crippen LogP contribution in [0.4, 0.5) is 14.6 Å². The molecule has 0 atom stereocenters. The number of halogens is 2. The summed E-state index contributed by atoms with van der Waals surface area (Å²) in [4.78, 5) is 6.11. The summed E-state index contributed by atoms with van der Waals surface area (Å²) in [6.45, 7) is 1.22. The first-order valence-electron chi connectivity index (χ1n) is 8.39. The number of hydrogen-bond donors (Lipinski definition) is 3. The molecule has 0 saturated carbocycles. The molecule has 2 N–H and O–H groups in total. The number of thioether (sulfide) groups is 1. The van der Waals surface area contributed by atoms with E-state index in [9.17, 15) is 17.2 Å². The summed E-state index contributed by atoms with van der Waals surface area (Å²) < 4.78 is 55.5. The Balaban J connectivity index is 2.06. The Hall–Kier alpha value is -2.05. The van der Waals surface area contributed by atoms with Crippen LogP contribution >= 0.6 is 11.8 Å². The first kappa shape index (κ1) is 20.7. The topological polar surface area (TPSA) is 112 Å². The fourth-order valence-corrected chi connectivity index (χ4v) is 4.09. The van der Waals surface area contributed by atoms with Gasteiger partial charge in [-0.25, -0.2) is 22.2 Å². The zero-order valence-corrected chi connectivity index (χ0v) is 16.6. The molecule has 1 saturated heterocycles. The molecule has 0 bridgehead atoms. The average Bonchev–Trinajstić information content (AvgIpc) is 3.11. The van der Waals surface area contributed by atoms with Crippen molar-refractivity contribution in [2.24, 2.45) is 0 Å². The highest BCUT2D eigenvalue weighted by Crippen LogP contribution is 2.28. The van der Waals surface area contributed by atoms with Crippen molar-refractivity contribution in [1.29, 1.82) is 10.8 Å². The van der Waals surface area contributed by atoms with Crippen LogP contribution in [-0.4, -0.2) is 60.6 Å². The molecule has 2 aromatic rings. The molecular weight excluding hydrogens is 412 g/mol. The highest BCUT2D eigenvalue weighted by atomic mass is 32.2.